The first-order valence-electron chi connectivity index (χ1n) is 7.47. The predicted octanol–water partition coefficient (Wildman–Crippen LogP) is 2.08. The minimum atomic E-state index is -0.556. The molecular weight excluding hydrogens is 312 g/mol. The number of carbonyl (C=O) groups excluding carboxylic acids is 2. The maximum absolute atomic E-state index is 12.3. The summed E-state index contributed by atoms with van der Waals surface area (Å²) in [6.07, 6.45) is 3.26. The van der Waals surface area contributed by atoms with E-state index in [2.05, 4.69) is 10.6 Å². The fourth-order valence-corrected chi connectivity index (χ4v) is 2.30. The van der Waals surface area contributed by atoms with Crippen LogP contribution < -0.4 is 10.6 Å². The molecule has 8 nitrogen and oxygen atoms in total. The van der Waals surface area contributed by atoms with Crippen molar-refractivity contribution in [3.8, 4) is 0 Å². The lowest BCUT2D eigenvalue weighted by Gasteiger charge is -2.08. The SMILES string of the molecule is Cn1cc([N+](=O)[O-])cc1C(=O)Nc1cccc(C(=O)NC2CC2)c1. The topological polar surface area (TPSA) is 106 Å². The van der Waals surface area contributed by atoms with Crippen LogP contribution in [0.5, 0.6) is 0 Å². The highest BCUT2D eigenvalue weighted by Gasteiger charge is 2.24. The molecule has 0 radical (unpaired) electrons. The third-order valence-corrected chi connectivity index (χ3v) is 3.73. The number of aromatic nitrogens is 1. The molecule has 1 aromatic carbocycles. The van der Waals surface area contributed by atoms with Crippen LogP contribution in [0.4, 0.5) is 11.4 Å². The molecule has 2 amide bonds. The van der Waals surface area contributed by atoms with Gasteiger partial charge in [-0.05, 0) is 31.0 Å². The van der Waals surface area contributed by atoms with Gasteiger partial charge in [-0.1, -0.05) is 6.07 Å². The average molecular weight is 328 g/mol. The fourth-order valence-electron chi connectivity index (χ4n) is 2.30. The van der Waals surface area contributed by atoms with Crippen molar-refractivity contribution in [2.75, 3.05) is 5.32 Å². The van der Waals surface area contributed by atoms with Crippen molar-refractivity contribution in [3.05, 3.63) is 57.9 Å². The van der Waals surface area contributed by atoms with E-state index < -0.39 is 10.8 Å². The van der Waals surface area contributed by atoms with Crippen LogP contribution in [0.2, 0.25) is 0 Å². The molecule has 0 saturated heterocycles. The van der Waals surface area contributed by atoms with Gasteiger partial charge in [-0.3, -0.25) is 19.7 Å². The Morgan fingerprint density at radius 2 is 2.00 bits per heavy atom. The summed E-state index contributed by atoms with van der Waals surface area (Å²) in [5.41, 5.74) is 0.916. The first kappa shape index (κ1) is 15.7. The van der Waals surface area contributed by atoms with Crippen LogP contribution in [0.1, 0.15) is 33.7 Å². The van der Waals surface area contributed by atoms with Gasteiger partial charge in [0.25, 0.3) is 17.5 Å². The molecule has 0 unspecified atom stereocenters. The molecule has 24 heavy (non-hydrogen) atoms. The maximum Gasteiger partial charge on any atom is 0.287 e. The van der Waals surface area contributed by atoms with E-state index in [0.717, 1.165) is 12.8 Å². The summed E-state index contributed by atoms with van der Waals surface area (Å²) in [5.74, 6) is -0.659. The molecule has 1 saturated carbocycles. The van der Waals surface area contributed by atoms with E-state index in [1.54, 1.807) is 31.3 Å². The second-order valence-corrected chi connectivity index (χ2v) is 5.73. The van der Waals surface area contributed by atoms with Gasteiger partial charge >= 0.3 is 0 Å². The van der Waals surface area contributed by atoms with Gasteiger partial charge in [-0.15, -0.1) is 0 Å². The molecule has 1 aliphatic carbocycles. The molecule has 0 atom stereocenters. The van der Waals surface area contributed by atoms with Crippen molar-refractivity contribution in [1.82, 2.24) is 9.88 Å². The maximum atomic E-state index is 12.3. The molecule has 1 heterocycles. The zero-order chi connectivity index (χ0) is 17.3. The minimum Gasteiger partial charge on any atom is -0.349 e. The van der Waals surface area contributed by atoms with Crippen LogP contribution in [-0.4, -0.2) is 27.3 Å². The summed E-state index contributed by atoms with van der Waals surface area (Å²) in [7, 11) is 1.56. The van der Waals surface area contributed by atoms with Gasteiger partial charge in [0.1, 0.15) is 5.69 Å². The Balaban J connectivity index is 1.74. The molecule has 1 aliphatic rings. The summed E-state index contributed by atoms with van der Waals surface area (Å²) in [4.78, 5) is 34.5. The summed E-state index contributed by atoms with van der Waals surface area (Å²) in [5, 5.41) is 16.3. The number of hydrogen-bond acceptors (Lipinski definition) is 4. The van der Waals surface area contributed by atoms with Crippen molar-refractivity contribution in [1.29, 1.82) is 0 Å². The monoisotopic (exact) mass is 328 g/mol. The Morgan fingerprint density at radius 1 is 1.25 bits per heavy atom. The number of amides is 2. The summed E-state index contributed by atoms with van der Waals surface area (Å²) in [6.45, 7) is 0. The number of nitrogens with zero attached hydrogens (tertiary/aromatic N) is 2. The van der Waals surface area contributed by atoms with Crippen molar-refractivity contribution >= 4 is 23.2 Å². The smallest absolute Gasteiger partial charge is 0.287 e. The van der Waals surface area contributed by atoms with Crippen molar-refractivity contribution in [2.45, 2.75) is 18.9 Å². The molecule has 1 fully saturated rings. The van der Waals surface area contributed by atoms with E-state index in [1.807, 2.05) is 0 Å². The van der Waals surface area contributed by atoms with Gasteiger partial charge in [0.15, 0.2) is 0 Å². The Hall–Kier alpha value is -3.16. The Labute approximate surface area is 137 Å². The zero-order valence-corrected chi connectivity index (χ0v) is 13.0. The molecule has 0 aliphatic heterocycles. The van der Waals surface area contributed by atoms with E-state index in [9.17, 15) is 19.7 Å². The highest BCUT2D eigenvalue weighted by molar-refractivity contribution is 6.04. The van der Waals surface area contributed by atoms with Gasteiger partial charge < -0.3 is 15.2 Å². The van der Waals surface area contributed by atoms with Gasteiger partial charge in [0.2, 0.25) is 0 Å². The number of nitro groups is 1. The summed E-state index contributed by atoms with van der Waals surface area (Å²) >= 11 is 0. The molecular formula is C16H16N4O4. The highest BCUT2D eigenvalue weighted by Crippen LogP contribution is 2.20. The van der Waals surface area contributed by atoms with Crippen LogP contribution in [0.15, 0.2) is 36.5 Å². The third-order valence-electron chi connectivity index (χ3n) is 3.73. The number of benzene rings is 1. The number of aryl methyl sites for hydroxylation is 1. The van der Waals surface area contributed by atoms with Gasteiger partial charge in [0.05, 0.1) is 11.1 Å². The van der Waals surface area contributed by atoms with Gasteiger partial charge in [-0.25, -0.2) is 0 Å². The van der Waals surface area contributed by atoms with E-state index in [4.69, 9.17) is 0 Å². The molecule has 0 bridgehead atoms. The van der Waals surface area contributed by atoms with E-state index >= 15 is 0 Å². The second kappa shape index (κ2) is 6.15. The van der Waals surface area contributed by atoms with Crippen molar-refractivity contribution in [2.24, 2.45) is 7.05 Å². The standard InChI is InChI=1S/C16H16N4O4/c1-19-9-13(20(23)24)8-14(19)16(22)18-12-4-2-3-10(7-12)15(21)17-11-5-6-11/h2-4,7-9,11H,5-6H2,1H3,(H,17,21)(H,18,22). The van der Waals surface area contributed by atoms with Crippen LogP contribution in [0.25, 0.3) is 0 Å². The van der Waals surface area contributed by atoms with Crippen LogP contribution in [0.3, 0.4) is 0 Å². The lowest BCUT2D eigenvalue weighted by molar-refractivity contribution is -0.384. The molecule has 0 spiro atoms. The predicted molar refractivity (Wildman–Crippen MR) is 87.0 cm³/mol. The number of carbonyl (C=O) groups is 2. The largest absolute Gasteiger partial charge is 0.349 e. The summed E-state index contributed by atoms with van der Waals surface area (Å²) in [6, 6.07) is 8.03. The number of hydrogen-bond donors (Lipinski definition) is 2. The Bertz CT molecular complexity index is 823. The lowest BCUT2D eigenvalue weighted by Crippen LogP contribution is -2.25. The molecule has 1 aromatic heterocycles. The Morgan fingerprint density at radius 3 is 2.62 bits per heavy atom. The quantitative estimate of drug-likeness (QED) is 0.647. The van der Waals surface area contributed by atoms with Gasteiger partial charge in [0, 0.05) is 30.4 Å². The normalized spacial score (nSPS) is 13.4. The first-order chi connectivity index (χ1) is 11.4. The molecule has 2 N–H and O–H groups in total. The molecule has 2 aromatic rings. The third kappa shape index (κ3) is 3.43. The zero-order valence-electron chi connectivity index (χ0n) is 13.0. The van der Waals surface area contributed by atoms with Crippen LogP contribution in [-0.2, 0) is 7.05 Å². The second-order valence-electron chi connectivity index (χ2n) is 5.73. The fraction of sp³-hybridized carbons (Fsp3) is 0.250. The molecule has 3 rings (SSSR count). The number of anilines is 1. The minimum absolute atomic E-state index is 0.153. The average Bonchev–Trinajstić information content (AvgIpc) is 3.26. The number of rotatable bonds is 5. The van der Waals surface area contributed by atoms with E-state index in [1.165, 1.54) is 16.8 Å². The van der Waals surface area contributed by atoms with E-state index in [-0.39, 0.29) is 23.3 Å². The lowest BCUT2D eigenvalue weighted by atomic mass is 10.2. The summed E-state index contributed by atoms with van der Waals surface area (Å²) < 4.78 is 1.39. The number of nitrogens with one attached hydrogen (secondary N) is 2. The van der Waals surface area contributed by atoms with Crippen molar-refractivity contribution < 1.29 is 14.5 Å². The van der Waals surface area contributed by atoms with E-state index in [0.29, 0.717) is 11.3 Å². The Kier molecular flexibility index (Phi) is 4.03. The van der Waals surface area contributed by atoms with Crippen LogP contribution in [0, 0.1) is 10.1 Å². The molecule has 124 valence electrons. The first-order valence-corrected chi connectivity index (χ1v) is 7.47. The van der Waals surface area contributed by atoms with Crippen LogP contribution >= 0.6 is 0 Å². The van der Waals surface area contributed by atoms with Gasteiger partial charge in [-0.2, -0.15) is 0 Å². The highest BCUT2D eigenvalue weighted by atomic mass is 16.6. The van der Waals surface area contributed by atoms with Crippen molar-refractivity contribution in [3.63, 3.8) is 0 Å². The molecule has 8 heteroatoms.